The summed E-state index contributed by atoms with van der Waals surface area (Å²) in [6.45, 7) is 4.32. The van der Waals surface area contributed by atoms with Gasteiger partial charge in [-0.05, 0) is 31.4 Å². The maximum Gasteiger partial charge on any atom is 0.240 e. The number of rotatable bonds is 6. The van der Waals surface area contributed by atoms with Crippen LogP contribution in [0.1, 0.15) is 25.3 Å². The molecule has 0 aliphatic heterocycles. The van der Waals surface area contributed by atoms with Crippen molar-refractivity contribution in [2.75, 3.05) is 6.54 Å². The zero-order chi connectivity index (χ0) is 12.9. The summed E-state index contributed by atoms with van der Waals surface area (Å²) in [5.74, 6) is 0. The van der Waals surface area contributed by atoms with Gasteiger partial charge >= 0.3 is 0 Å². The molecular weight excluding hydrogens is 302 g/mol. The van der Waals surface area contributed by atoms with E-state index in [0.717, 1.165) is 18.4 Å². The molecule has 0 amide bonds. The maximum atomic E-state index is 12.0. The van der Waals surface area contributed by atoms with Gasteiger partial charge in [-0.2, -0.15) is 0 Å². The molecule has 3 nitrogen and oxygen atoms in total. The third kappa shape index (κ3) is 4.41. The molecule has 1 atom stereocenters. The van der Waals surface area contributed by atoms with Crippen molar-refractivity contribution in [3.63, 3.8) is 0 Å². The second kappa shape index (κ2) is 6.52. The summed E-state index contributed by atoms with van der Waals surface area (Å²) < 4.78 is 26.6. The van der Waals surface area contributed by atoms with Crippen LogP contribution < -0.4 is 4.72 Å². The molecule has 5 heteroatoms. The van der Waals surface area contributed by atoms with E-state index in [-0.39, 0.29) is 0 Å². The Bertz CT molecular complexity index is 459. The quantitative estimate of drug-likeness (QED) is 0.819. The van der Waals surface area contributed by atoms with Crippen LogP contribution in [-0.4, -0.2) is 19.8 Å². The molecule has 1 N–H and O–H groups in total. The Morgan fingerprint density at radius 1 is 1.35 bits per heavy atom. The van der Waals surface area contributed by atoms with Gasteiger partial charge in [-0.1, -0.05) is 41.1 Å². The van der Waals surface area contributed by atoms with Gasteiger partial charge in [0.05, 0.1) is 4.90 Å². The second-order valence-electron chi connectivity index (χ2n) is 3.96. The van der Waals surface area contributed by atoms with Crippen molar-refractivity contribution in [1.82, 2.24) is 4.72 Å². The van der Waals surface area contributed by atoms with Gasteiger partial charge in [-0.15, -0.1) is 0 Å². The van der Waals surface area contributed by atoms with E-state index in [2.05, 4.69) is 27.6 Å². The van der Waals surface area contributed by atoms with Gasteiger partial charge in [0.1, 0.15) is 0 Å². The zero-order valence-corrected chi connectivity index (χ0v) is 12.5. The summed E-state index contributed by atoms with van der Waals surface area (Å²) in [5, 5.41) is 0. The van der Waals surface area contributed by atoms with Crippen molar-refractivity contribution in [3.05, 3.63) is 29.8 Å². The maximum absolute atomic E-state index is 12.0. The third-order valence-corrected chi connectivity index (χ3v) is 5.30. The van der Waals surface area contributed by atoms with Crippen LogP contribution in [-0.2, 0) is 10.0 Å². The number of aryl methyl sites for hydroxylation is 1. The average Bonchev–Trinajstić information content (AvgIpc) is 2.28. The fourth-order valence-corrected chi connectivity index (χ4v) is 3.01. The highest BCUT2D eigenvalue weighted by Gasteiger charge is 2.15. The lowest BCUT2D eigenvalue weighted by Gasteiger charge is -2.10. The predicted molar refractivity (Wildman–Crippen MR) is 74.0 cm³/mol. The summed E-state index contributed by atoms with van der Waals surface area (Å²) in [7, 11) is -3.37. The Kier molecular flexibility index (Phi) is 5.62. The van der Waals surface area contributed by atoms with Crippen LogP contribution in [0, 0.1) is 6.92 Å². The molecular formula is C12H18BrNO2S. The van der Waals surface area contributed by atoms with E-state index in [0.29, 0.717) is 16.3 Å². The van der Waals surface area contributed by atoms with Crippen LogP contribution in [0.4, 0.5) is 0 Å². The third-order valence-electron chi connectivity index (χ3n) is 2.58. The van der Waals surface area contributed by atoms with Gasteiger partial charge in [0.2, 0.25) is 10.0 Å². The summed E-state index contributed by atoms with van der Waals surface area (Å²) >= 11 is 3.48. The van der Waals surface area contributed by atoms with E-state index in [1.165, 1.54) is 0 Å². The first-order chi connectivity index (χ1) is 7.97. The van der Waals surface area contributed by atoms with Crippen LogP contribution in [0.3, 0.4) is 0 Å². The summed E-state index contributed by atoms with van der Waals surface area (Å²) in [5.41, 5.74) is 0.769. The lowest BCUT2D eigenvalue weighted by molar-refractivity contribution is 0.577. The SMILES string of the molecule is CCC(Br)CCNS(=O)(=O)c1ccccc1C. The fraction of sp³-hybridized carbons (Fsp3) is 0.500. The van der Waals surface area contributed by atoms with E-state index < -0.39 is 10.0 Å². The molecule has 0 aliphatic carbocycles. The number of alkyl halides is 1. The molecule has 0 aliphatic rings. The minimum atomic E-state index is -3.37. The van der Waals surface area contributed by atoms with E-state index >= 15 is 0 Å². The minimum absolute atomic E-state index is 0.363. The number of halogens is 1. The van der Waals surface area contributed by atoms with Crippen molar-refractivity contribution in [2.45, 2.75) is 36.4 Å². The Morgan fingerprint density at radius 2 is 2.00 bits per heavy atom. The van der Waals surface area contributed by atoms with E-state index in [9.17, 15) is 8.42 Å². The predicted octanol–water partition coefficient (Wildman–Crippen LogP) is 2.84. The molecule has 0 fully saturated rings. The van der Waals surface area contributed by atoms with Crippen molar-refractivity contribution < 1.29 is 8.42 Å². The summed E-state index contributed by atoms with van der Waals surface area (Å²) in [4.78, 5) is 0.727. The molecule has 1 unspecified atom stereocenters. The van der Waals surface area contributed by atoms with Crippen LogP contribution in [0.15, 0.2) is 29.2 Å². The number of nitrogens with one attached hydrogen (secondary N) is 1. The normalized spacial score (nSPS) is 13.6. The Labute approximate surface area is 112 Å². The number of sulfonamides is 1. The first-order valence-electron chi connectivity index (χ1n) is 5.66. The van der Waals surface area contributed by atoms with Gasteiger partial charge in [-0.3, -0.25) is 0 Å². The van der Waals surface area contributed by atoms with Crippen LogP contribution in [0.5, 0.6) is 0 Å². The molecule has 1 aromatic rings. The van der Waals surface area contributed by atoms with Gasteiger partial charge in [0.25, 0.3) is 0 Å². The molecule has 0 radical (unpaired) electrons. The lowest BCUT2D eigenvalue weighted by Crippen LogP contribution is -2.26. The largest absolute Gasteiger partial charge is 0.240 e. The van der Waals surface area contributed by atoms with Gasteiger partial charge in [0, 0.05) is 11.4 Å². The van der Waals surface area contributed by atoms with Crippen molar-refractivity contribution >= 4 is 26.0 Å². The molecule has 0 heterocycles. The first-order valence-corrected chi connectivity index (χ1v) is 8.06. The topological polar surface area (TPSA) is 46.2 Å². The van der Waals surface area contributed by atoms with Crippen LogP contribution in [0.2, 0.25) is 0 Å². The molecule has 96 valence electrons. The van der Waals surface area contributed by atoms with Crippen molar-refractivity contribution in [2.24, 2.45) is 0 Å². The smallest absolute Gasteiger partial charge is 0.211 e. The van der Waals surface area contributed by atoms with Gasteiger partial charge in [0.15, 0.2) is 0 Å². The van der Waals surface area contributed by atoms with Gasteiger partial charge in [-0.25, -0.2) is 13.1 Å². The molecule has 0 saturated heterocycles. The lowest BCUT2D eigenvalue weighted by atomic mass is 10.2. The molecule has 0 spiro atoms. The van der Waals surface area contributed by atoms with E-state index in [1.807, 2.05) is 6.07 Å². The Balaban J connectivity index is 2.67. The molecule has 0 aromatic heterocycles. The molecule has 1 aromatic carbocycles. The van der Waals surface area contributed by atoms with Gasteiger partial charge < -0.3 is 0 Å². The standard InChI is InChI=1S/C12H18BrNO2S/c1-3-11(13)8-9-14-17(15,16)12-7-5-4-6-10(12)2/h4-7,11,14H,3,8-9H2,1-2H3. The molecule has 0 saturated carbocycles. The first kappa shape index (κ1) is 14.7. The molecule has 17 heavy (non-hydrogen) atoms. The highest BCUT2D eigenvalue weighted by Crippen LogP contribution is 2.14. The van der Waals surface area contributed by atoms with Crippen molar-refractivity contribution in [3.8, 4) is 0 Å². The minimum Gasteiger partial charge on any atom is -0.211 e. The highest BCUT2D eigenvalue weighted by atomic mass is 79.9. The van der Waals surface area contributed by atoms with E-state index in [1.54, 1.807) is 25.1 Å². The Morgan fingerprint density at radius 3 is 2.59 bits per heavy atom. The number of benzene rings is 1. The highest BCUT2D eigenvalue weighted by molar-refractivity contribution is 9.09. The molecule has 1 rings (SSSR count). The number of hydrogen-bond donors (Lipinski definition) is 1. The average molecular weight is 320 g/mol. The second-order valence-corrected chi connectivity index (χ2v) is 6.99. The summed E-state index contributed by atoms with van der Waals surface area (Å²) in [6, 6.07) is 7.00. The summed E-state index contributed by atoms with van der Waals surface area (Å²) in [6.07, 6.45) is 1.79. The van der Waals surface area contributed by atoms with Crippen LogP contribution >= 0.6 is 15.9 Å². The zero-order valence-electron chi connectivity index (χ0n) is 10.1. The van der Waals surface area contributed by atoms with E-state index in [4.69, 9.17) is 0 Å². The Hall–Kier alpha value is -0.390. The van der Waals surface area contributed by atoms with Crippen LogP contribution in [0.25, 0.3) is 0 Å². The fourth-order valence-electron chi connectivity index (χ4n) is 1.49. The number of hydrogen-bond acceptors (Lipinski definition) is 2. The molecule has 0 bridgehead atoms. The monoisotopic (exact) mass is 319 g/mol. The van der Waals surface area contributed by atoms with Crippen molar-refractivity contribution in [1.29, 1.82) is 0 Å².